The summed E-state index contributed by atoms with van der Waals surface area (Å²) in [5.41, 5.74) is -0.492. The van der Waals surface area contributed by atoms with Crippen molar-refractivity contribution in [3.63, 3.8) is 0 Å². The molecule has 0 radical (unpaired) electrons. The number of rotatable bonds is 1. The monoisotopic (exact) mass is 370 g/mol. The van der Waals surface area contributed by atoms with Crippen LogP contribution in [0.15, 0.2) is 21.6 Å². The Labute approximate surface area is 135 Å². The summed E-state index contributed by atoms with van der Waals surface area (Å²) < 4.78 is 19.6. The van der Waals surface area contributed by atoms with Gasteiger partial charge in [0, 0.05) is 18.8 Å². The van der Waals surface area contributed by atoms with E-state index in [9.17, 15) is 9.60 Å². The molecule has 5 rings (SSSR count). The summed E-state index contributed by atoms with van der Waals surface area (Å²) in [5.74, 6) is 0.119. The van der Waals surface area contributed by atoms with Crippen LogP contribution in [0.25, 0.3) is 0 Å². The molecule has 2 bridgehead atoms. The third-order valence-electron chi connectivity index (χ3n) is 4.90. The molecule has 1 unspecified atom stereocenters. The van der Waals surface area contributed by atoms with Crippen LogP contribution in [0.5, 0.6) is 0 Å². The molecule has 8 heteroatoms. The van der Waals surface area contributed by atoms with Gasteiger partial charge in [-0.25, -0.2) is 9.98 Å². The summed E-state index contributed by atoms with van der Waals surface area (Å²) in [6.07, 6.45) is 1.77. The molecule has 4 aliphatic heterocycles. The standard InChI is InChI=1S/C14H16BrFN4O2/c15-10-1-2-11(18-12(10)16)19-13-17-7-14(22-13)8-20(21)5-3-9(14)4-6-20/h1-2,9H,3-8H2,(H,17,18,19). The van der Waals surface area contributed by atoms with E-state index >= 15 is 0 Å². The van der Waals surface area contributed by atoms with E-state index in [1.54, 1.807) is 12.1 Å². The summed E-state index contributed by atoms with van der Waals surface area (Å²) in [4.78, 5) is 8.15. The smallest absolute Gasteiger partial charge is 0.291 e. The largest absolute Gasteiger partial charge is 0.633 e. The lowest BCUT2D eigenvalue weighted by molar-refractivity contribution is -0.905. The quantitative estimate of drug-likeness (QED) is 0.467. The van der Waals surface area contributed by atoms with E-state index in [-0.39, 0.29) is 4.65 Å². The number of aromatic nitrogens is 1. The van der Waals surface area contributed by atoms with Crippen molar-refractivity contribution in [3.05, 3.63) is 27.8 Å². The van der Waals surface area contributed by atoms with Gasteiger partial charge in [-0.1, -0.05) is 0 Å². The van der Waals surface area contributed by atoms with E-state index in [0.29, 0.717) is 48.4 Å². The summed E-state index contributed by atoms with van der Waals surface area (Å²) in [5, 5.41) is 15.5. The fraction of sp³-hybridized carbons (Fsp3) is 0.571. The Kier molecular flexibility index (Phi) is 3.18. The number of quaternary nitrogens is 1. The maximum absolute atomic E-state index is 13.5. The van der Waals surface area contributed by atoms with Crippen LogP contribution >= 0.6 is 15.9 Å². The minimum Gasteiger partial charge on any atom is -0.633 e. The van der Waals surface area contributed by atoms with E-state index in [1.165, 1.54) is 0 Å². The van der Waals surface area contributed by atoms with Gasteiger partial charge in [0.2, 0.25) is 5.95 Å². The SMILES string of the molecule is [O-][N+]12CCC(CC1)C1(CN=C(Nc3ccc(Br)c(F)n3)O1)C2. The molecule has 1 spiro atoms. The van der Waals surface area contributed by atoms with E-state index in [1.807, 2.05) is 0 Å². The van der Waals surface area contributed by atoms with Crippen molar-refractivity contribution in [2.45, 2.75) is 18.4 Å². The third-order valence-corrected chi connectivity index (χ3v) is 5.49. The number of aliphatic imine (C=N–C) groups is 1. The minimum absolute atomic E-state index is 0.176. The first-order chi connectivity index (χ1) is 10.5. The van der Waals surface area contributed by atoms with Gasteiger partial charge in [0.25, 0.3) is 6.02 Å². The zero-order chi connectivity index (χ0) is 15.4. The fourth-order valence-electron chi connectivity index (χ4n) is 3.76. The molecule has 1 atom stereocenters. The molecule has 1 aromatic rings. The third kappa shape index (κ3) is 2.29. The number of amidine groups is 1. The number of hydrogen-bond acceptors (Lipinski definition) is 5. The number of halogens is 2. The normalized spacial score (nSPS) is 36.3. The minimum atomic E-state index is -0.592. The Morgan fingerprint density at radius 1 is 1.41 bits per heavy atom. The molecule has 0 amide bonds. The van der Waals surface area contributed by atoms with Gasteiger partial charge in [0.15, 0.2) is 5.60 Å². The van der Waals surface area contributed by atoms with Gasteiger partial charge in [0.05, 0.1) is 24.1 Å². The molecule has 0 saturated carbocycles. The van der Waals surface area contributed by atoms with Crippen LogP contribution in [0.2, 0.25) is 0 Å². The zero-order valence-electron chi connectivity index (χ0n) is 11.9. The second-order valence-corrected chi connectivity index (χ2v) is 7.17. The number of nitrogens with one attached hydrogen (secondary N) is 1. The number of hydrogen-bond donors (Lipinski definition) is 1. The molecule has 6 nitrogen and oxygen atoms in total. The predicted octanol–water partition coefficient (Wildman–Crippen LogP) is 2.26. The highest BCUT2D eigenvalue weighted by Crippen LogP contribution is 2.44. The van der Waals surface area contributed by atoms with Gasteiger partial charge in [0.1, 0.15) is 12.4 Å². The second-order valence-electron chi connectivity index (χ2n) is 6.32. The number of piperidine rings is 3. The Morgan fingerprint density at radius 3 is 2.86 bits per heavy atom. The molecule has 5 heterocycles. The zero-order valence-corrected chi connectivity index (χ0v) is 13.5. The average Bonchev–Trinajstić information content (AvgIpc) is 2.85. The Morgan fingerprint density at radius 2 is 2.18 bits per heavy atom. The van der Waals surface area contributed by atoms with Crippen molar-refractivity contribution in [1.29, 1.82) is 0 Å². The molecule has 4 aliphatic rings. The summed E-state index contributed by atoms with van der Waals surface area (Å²) in [7, 11) is 0. The molecule has 0 aromatic carbocycles. The molecule has 3 fully saturated rings. The molecular formula is C14H16BrFN4O2. The summed E-state index contributed by atoms with van der Waals surface area (Å²) in [6, 6.07) is 3.54. The van der Waals surface area contributed by atoms with Crippen LogP contribution in [0.4, 0.5) is 10.2 Å². The number of ether oxygens (including phenoxy) is 1. The Bertz CT molecular complexity index is 648. The lowest BCUT2D eigenvalue weighted by Gasteiger charge is -2.58. The van der Waals surface area contributed by atoms with Gasteiger partial charge in [-0.3, -0.25) is 5.32 Å². The second kappa shape index (κ2) is 4.87. The van der Waals surface area contributed by atoms with Crippen LogP contribution in [0, 0.1) is 17.1 Å². The number of hydroxylamine groups is 3. The van der Waals surface area contributed by atoms with Crippen LogP contribution in [0.3, 0.4) is 0 Å². The Hall–Kier alpha value is -1.25. The van der Waals surface area contributed by atoms with Crippen molar-refractivity contribution >= 4 is 27.8 Å². The highest BCUT2D eigenvalue weighted by Gasteiger charge is 2.56. The number of nitrogens with zero attached hydrogens (tertiary/aromatic N) is 3. The maximum atomic E-state index is 13.5. The van der Waals surface area contributed by atoms with Gasteiger partial charge in [-0.2, -0.15) is 4.39 Å². The van der Waals surface area contributed by atoms with E-state index in [4.69, 9.17) is 4.74 Å². The average molecular weight is 371 g/mol. The summed E-state index contributed by atoms with van der Waals surface area (Å²) in [6.45, 7) is 2.30. The molecule has 118 valence electrons. The molecule has 1 aromatic heterocycles. The van der Waals surface area contributed by atoms with Crippen molar-refractivity contribution < 1.29 is 13.8 Å². The molecule has 3 saturated heterocycles. The fourth-order valence-corrected chi connectivity index (χ4v) is 3.98. The van der Waals surface area contributed by atoms with Gasteiger partial charge >= 0.3 is 0 Å². The highest BCUT2D eigenvalue weighted by atomic mass is 79.9. The van der Waals surface area contributed by atoms with Crippen molar-refractivity contribution in [2.75, 3.05) is 31.5 Å². The van der Waals surface area contributed by atoms with E-state index in [2.05, 4.69) is 31.2 Å². The first kappa shape index (κ1) is 14.3. The maximum Gasteiger partial charge on any atom is 0.291 e. The van der Waals surface area contributed by atoms with Crippen LogP contribution in [-0.2, 0) is 4.74 Å². The number of anilines is 1. The number of fused-ring (bicyclic) bond motifs is 2. The topological polar surface area (TPSA) is 69.6 Å². The van der Waals surface area contributed by atoms with Crippen molar-refractivity contribution in [2.24, 2.45) is 10.9 Å². The van der Waals surface area contributed by atoms with Crippen LogP contribution < -0.4 is 5.32 Å². The van der Waals surface area contributed by atoms with Crippen molar-refractivity contribution in [3.8, 4) is 0 Å². The molecular weight excluding hydrogens is 355 g/mol. The summed E-state index contributed by atoms with van der Waals surface area (Å²) >= 11 is 3.06. The van der Waals surface area contributed by atoms with Crippen LogP contribution in [-0.4, -0.2) is 47.4 Å². The number of pyridine rings is 1. The van der Waals surface area contributed by atoms with Crippen LogP contribution in [0.1, 0.15) is 12.8 Å². The molecule has 0 aliphatic carbocycles. The lowest BCUT2D eigenvalue weighted by atomic mass is 9.75. The van der Waals surface area contributed by atoms with Gasteiger partial charge < -0.3 is 14.6 Å². The highest BCUT2D eigenvalue weighted by molar-refractivity contribution is 9.10. The van der Waals surface area contributed by atoms with Crippen molar-refractivity contribution in [1.82, 2.24) is 4.98 Å². The lowest BCUT2D eigenvalue weighted by Crippen LogP contribution is -2.67. The van der Waals surface area contributed by atoms with Gasteiger partial charge in [-0.05, 0) is 28.1 Å². The Balaban J connectivity index is 1.49. The first-order valence-electron chi connectivity index (χ1n) is 7.38. The van der Waals surface area contributed by atoms with E-state index in [0.717, 1.165) is 12.8 Å². The molecule has 22 heavy (non-hydrogen) atoms. The van der Waals surface area contributed by atoms with Gasteiger partial charge in [-0.15, -0.1) is 0 Å². The predicted molar refractivity (Wildman–Crippen MR) is 82.6 cm³/mol. The molecule has 1 N–H and O–H groups in total. The first-order valence-corrected chi connectivity index (χ1v) is 8.17. The van der Waals surface area contributed by atoms with E-state index < -0.39 is 11.5 Å².